The Labute approximate surface area is 129 Å². The van der Waals surface area contributed by atoms with Crippen LogP contribution in [0, 0.1) is 0 Å². The fourth-order valence-electron chi connectivity index (χ4n) is 2.86. The summed E-state index contributed by atoms with van der Waals surface area (Å²) in [6, 6.07) is 5.81. The van der Waals surface area contributed by atoms with Gasteiger partial charge in [0.1, 0.15) is 5.69 Å². The number of rotatable bonds is 4. The summed E-state index contributed by atoms with van der Waals surface area (Å²) in [5, 5.41) is 4.95. The molecule has 0 saturated heterocycles. The number of hydrogen-bond donors (Lipinski definition) is 0. The first-order valence-electron chi connectivity index (χ1n) is 7.42. The number of Topliss-reactive ketones (excluding diaryl/α,β-unsaturated/α-hetero) is 1. The lowest BCUT2D eigenvalue weighted by molar-refractivity contribution is 0.0987. The highest BCUT2D eigenvalue weighted by atomic mass is 35.5. The van der Waals surface area contributed by atoms with Crippen molar-refractivity contribution in [2.45, 2.75) is 44.6 Å². The molecule has 1 aliphatic carbocycles. The van der Waals surface area contributed by atoms with Crippen LogP contribution in [-0.4, -0.2) is 20.5 Å². The Morgan fingerprint density at radius 1 is 1.29 bits per heavy atom. The van der Waals surface area contributed by atoms with Crippen molar-refractivity contribution >= 4 is 17.4 Å². The second-order valence-electron chi connectivity index (χ2n) is 5.51. The predicted molar refractivity (Wildman–Crippen MR) is 81.6 cm³/mol. The lowest BCUT2D eigenvalue weighted by Gasteiger charge is -2.21. The molecule has 0 amide bonds. The predicted octanol–water partition coefficient (Wildman–Crippen LogP) is 3.86. The van der Waals surface area contributed by atoms with Crippen LogP contribution in [0.4, 0.5) is 0 Å². The molecular weight excluding hydrogens is 286 g/mol. The number of carbonyl (C=O) groups excluding carboxylic acids is 1. The standard InChI is InChI=1S/C16H18ClN3O/c17-14-7-4-9-18-16(14)15(21)11-12-8-10-20(19-12)13-5-2-1-3-6-13/h4,7-10,13H,1-3,5-6,11H2. The second-order valence-corrected chi connectivity index (χ2v) is 5.92. The molecule has 2 heterocycles. The highest BCUT2D eigenvalue weighted by molar-refractivity contribution is 6.33. The Morgan fingerprint density at radius 2 is 2.10 bits per heavy atom. The maximum Gasteiger partial charge on any atom is 0.188 e. The first-order chi connectivity index (χ1) is 10.2. The molecule has 110 valence electrons. The van der Waals surface area contributed by atoms with E-state index >= 15 is 0 Å². The number of aromatic nitrogens is 3. The van der Waals surface area contributed by atoms with E-state index in [1.807, 2.05) is 16.9 Å². The molecule has 0 aromatic carbocycles. The molecule has 2 aromatic heterocycles. The van der Waals surface area contributed by atoms with Crippen molar-refractivity contribution < 1.29 is 4.79 Å². The van der Waals surface area contributed by atoms with E-state index in [9.17, 15) is 4.79 Å². The third kappa shape index (κ3) is 3.32. The van der Waals surface area contributed by atoms with Gasteiger partial charge in [0.15, 0.2) is 5.78 Å². The lowest BCUT2D eigenvalue weighted by Crippen LogP contribution is -2.14. The molecule has 0 N–H and O–H groups in total. The van der Waals surface area contributed by atoms with Gasteiger partial charge in [-0.3, -0.25) is 14.5 Å². The SMILES string of the molecule is O=C(Cc1ccn(C2CCCCC2)n1)c1ncccc1Cl. The molecule has 1 fully saturated rings. The van der Waals surface area contributed by atoms with E-state index in [0.717, 1.165) is 5.69 Å². The van der Waals surface area contributed by atoms with Gasteiger partial charge >= 0.3 is 0 Å². The average Bonchev–Trinajstić information content (AvgIpc) is 2.97. The third-order valence-electron chi connectivity index (χ3n) is 3.98. The van der Waals surface area contributed by atoms with Crippen LogP contribution in [0.1, 0.15) is 54.3 Å². The quantitative estimate of drug-likeness (QED) is 0.806. The number of ketones is 1. The summed E-state index contributed by atoms with van der Waals surface area (Å²) in [7, 11) is 0. The van der Waals surface area contributed by atoms with Crippen LogP contribution in [0.25, 0.3) is 0 Å². The molecule has 0 atom stereocenters. The van der Waals surface area contributed by atoms with Gasteiger partial charge in [-0.1, -0.05) is 30.9 Å². The third-order valence-corrected chi connectivity index (χ3v) is 4.28. The van der Waals surface area contributed by atoms with Gasteiger partial charge in [0, 0.05) is 12.4 Å². The summed E-state index contributed by atoms with van der Waals surface area (Å²) < 4.78 is 2.02. The monoisotopic (exact) mass is 303 g/mol. The van der Waals surface area contributed by atoms with Gasteiger partial charge in [0.2, 0.25) is 0 Å². The van der Waals surface area contributed by atoms with Crippen molar-refractivity contribution in [3.63, 3.8) is 0 Å². The molecule has 0 aliphatic heterocycles. The average molecular weight is 304 g/mol. The van der Waals surface area contributed by atoms with Gasteiger partial charge in [-0.15, -0.1) is 0 Å². The number of nitrogens with zero attached hydrogens (tertiary/aromatic N) is 3. The summed E-state index contributed by atoms with van der Waals surface area (Å²) in [4.78, 5) is 16.3. The van der Waals surface area contributed by atoms with E-state index in [4.69, 9.17) is 11.6 Å². The van der Waals surface area contributed by atoms with E-state index in [-0.39, 0.29) is 12.2 Å². The normalized spacial score (nSPS) is 16.0. The van der Waals surface area contributed by atoms with Crippen molar-refractivity contribution in [3.05, 3.63) is 47.0 Å². The van der Waals surface area contributed by atoms with E-state index in [2.05, 4.69) is 10.1 Å². The Bertz CT molecular complexity index is 632. The lowest BCUT2D eigenvalue weighted by atomic mass is 9.96. The molecule has 5 heteroatoms. The van der Waals surface area contributed by atoms with E-state index in [0.29, 0.717) is 16.8 Å². The summed E-state index contributed by atoms with van der Waals surface area (Å²) in [6.07, 6.45) is 10.0. The van der Waals surface area contributed by atoms with E-state index in [1.165, 1.54) is 32.1 Å². The largest absolute Gasteiger partial charge is 0.292 e. The molecule has 3 rings (SSSR count). The van der Waals surface area contributed by atoms with E-state index < -0.39 is 0 Å². The zero-order valence-electron chi connectivity index (χ0n) is 11.8. The highest BCUT2D eigenvalue weighted by Crippen LogP contribution is 2.27. The summed E-state index contributed by atoms with van der Waals surface area (Å²) in [6.45, 7) is 0. The number of pyridine rings is 1. The molecule has 1 saturated carbocycles. The highest BCUT2D eigenvalue weighted by Gasteiger charge is 2.18. The molecule has 2 aromatic rings. The minimum atomic E-state index is -0.0884. The molecule has 1 aliphatic rings. The van der Waals surface area contributed by atoms with E-state index in [1.54, 1.807) is 18.3 Å². The van der Waals surface area contributed by atoms with Crippen LogP contribution in [-0.2, 0) is 6.42 Å². The van der Waals surface area contributed by atoms with Crippen LogP contribution in [0.15, 0.2) is 30.6 Å². The molecule has 21 heavy (non-hydrogen) atoms. The molecule has 0 bridgehead atoms. The molecule has 0 radical (unpaired) electrons. The van der Waals surface area contributed by atoms with Crippen LogP contribution >= 0.6 is 11.6 Å². The molecule has 0 spiro atoms. The molecule has 4 nitrogen and oxygen atoms in total. The van der Waals surface area contributed by atoms with Crippen molar-refractivity contribution in [2.24, 2.45) is 0 Å². The van der Waals surface area contributed by atoms with Crippen molar-refractivity contribution in [1.29, 1.82) is 0 Å². The van der Waals surface area contributed by atoms with Crippen LogP contribution in [0.3, 0.4) is 0 Å². The summed E-state index contributed by atoms with van der Waals surface area (Å²) in [5.74, 6) is -0.0884. The van der Waals surface area contributed by atoms with Crippen molar-refractivity contribution in [1.82, 2.24) is 14.8 Å². The fraction of sp³-hybridized carbons (Fsp3) is 0.438. The number of halogens is 1. The van der Waals surface area contributed by atoms with Gasteiger partial charge in [-0.25, -0.2) is 0 Å². The minimum Gasteiger partial charge on any atom is -0.292 e. The second kappa shape index (κ2) is 6.39. The zero-order valence-corrected chi connectivity index (χ0v) is 12.6. The Hall–Kier alpha value is -1.68. The Kier molecular flexibility index (Phi) is 4.34. The van der Waals surface area contributed by atoms with Gasteiger partial charge in [-0.05, 0) is 31.0 Å². The molecule has 0 unspecified atom stereocenters. The maximum absolute atomic E-state index is 12.2. The zero-order chi connectivity index (χ0) is 14.7. The number of carbonyl (C=O) groups is 1. The van der Waals surface area contributed by atoms with Crippen molar-refractivity contribution in [2.75, 3.05) is 0 Å². The maximum atomic E-state index is 12.2. The van der Waals surface area contributed by atoms with Crippen molar-refractivity contribution in [3.8, 4) is 0 Å². The first-order valence-corrected chi connectivity index (χ1v) is 7.79. The summed E-state index contributed by atoms with van der Waals surface area (Å²) in [5.41, 5.74) is 1.11. The summed E-state index contributed by atoms with van der Waals surface area (Å²) >= 11 is 6.00. The smallest absolute Gasteiger partial charge is 0.188 e. The molecular formula is C16H18ClN3O. The van der Waals surface area contributed by atoms with Gasteiger partial charge in [0.05, 0.1) is 23.2 Å². The first kappa shape index (κ1) is 14.3. The van der Waals surface area contributed by atoms with Gasteiger partial charge in [-0.2, -0.15) is 5.10 Å². The van der Waals surface area contributed by atoms with Crippen LogP contribution in [0.5, 0.6) is 0 Å². The van der Waals surface area contributed by atoms with Crippen LogP contribution < -0.4 is 0 Å². The van der Waals surface area contributed by atoms with Gasteiger partial charge < -0.3 is 0 Å². The minimum absolute atomic E-state index is 0.0884. The van der Waals surface area contributed by atoms with Gasteiger partial charge in [0.25, 0.3) is 0 Å². The number of hydrogen-bond acceptors (Lipinski definition) is 3. The Balaban J connectivity index is 1.69. The Morgan fingerprint density at radius 3 is 2.86 bits per heavy atom. The fourth-order valence-corrected chi connectivity index (χ4v) is 3.09. The topological polar surface area (TPSA) is 47.8 Å². The van der Waals surface area contributed by atoms with Crippen LogP contribution in [0.2, 0.25) is 5.02 Å².